The first kappa shape index (κ1) is 15.4. The van der Waals surface area contributed by atoms with E-state index in [1.807, 2.05) is 17.7 Å². The van der Waals surface area contributed by atoms with Gasteiger partial charge in [-0.15, -0.1) is 13.2 Å². The summed E-state index contributed by atoms with van der Waals surface area (Å²) in [6, 6.07) is 11.0. The van der Waals surface area contributed by atoms with Crippen LogP contribution in [-0.4, -0.2) is 21.0 Å². The van der Waals surface area contributed by atoms with Crippen molar-refractivity contribution >= 4 is 11.0 Å². The Morgan fingerprint density at radius 3 is 2.43 bits per heavy atom. The molecule has 0 radical (unpaired) electrons. The quantitative estimate of drug-likeness (QED) is 0.801. The zero-order chi connectivity index (χ0) is 16.6. The molecule has 2 aromatic carbocycles. The monoisotopic (exact) mass is 322 g/mol. The Labute approximate surface area is 129 Å². The Hall–Kier alpha value is -2.54. The molecular formula is C16H13F3N2O2. The predicted octanol–water partition coefficient (Wildman–Crippen LogP) is 3.63. The molecule has 0 saturated carbocycles. The number of benzene rings is 2. The highest BCUT2D eigenvalue weighted by atomic mass is 19.4. The summed E-state index contributed by atoms with van der Waals surface area (Å²) in [5.41, 5.74) is 3.00. The highest BCUT2D eigenvalue weighted by Gasteiger charge is 2.31. The molecule has 1 heterocycles. The molecular weight excluding hydrogens is 309 g/mol. The van der Waals surface area contributed by atoms with Crippen molar-refractivity contribution in [1.82, 2.24) is 9.55 Å². The van der Waals surface area contributed by atoms with E-state index in [-0.39, 0.29) is 12.4 Å². The molecule has 0 atom stereocenters. The van der Waals surface area contributed by atoms with Gasteiger partial charge in [0.1, 0.15) is 11.6 Å². The van der Waals surface area contributed by atoms with Gasteiger partial charge in [0.2, 0.25) is 0 Å². The fourth-order valence-corrected chi connectivity index (χ4v) is 2.41. The number of rotatable bonds is 3. The van der Waals surface area contributed by atoms with Crippen molar-refractivity contribution in [2.24, 2.45) is 7.05 Å². The Kier molecular flexibility index (Phi) is 3.73. The molecule has 0 aliphatic heterocycles. The van der Waals surface area contributed by atoms with Gasteiger partial charge >= 0.3 is 6.36 Å². The summed E-state index contributed by atoms with van der Waals surface area (Å²) in [4.78, 5) is 4.48. The van der Waals surface area contributed by atoms with Crippen LogP contribution in [0, 0.1) is 0 Å². The topological polar surface area (TPSA) is 47.3 Å². The molecule has 1 N–H and O–H groups in total. The van der Waals surface area contributed by atoms with Crippen molar-refractivity contribution in [1.29, 1.82) is 0 Å². The lowest BCUT2D eigenvalue weighted by Gasteiger charge is -2.09. The zero-order valence-electron chi connectivity index (χ0n) is 12.1. The van der Waals surface area contributed by atoms with Crippen LogP contribution in [0.5, 0.6) is 5.75 Å². The molecule has 1 aromatic heterocycles. The lowest BCUT2D eigenvalue weighted by Crippen LogP contribution is -2.16. The average molecular weight is 322 g/mol. The third-order valence-electron chi connectivity index (χ3n) is 3.47. The molecule has 0 fully saturated rings. The number of ether oxygens (including phenoxy) is 1. The van der Waals surface area contributed by atoms with Crippen molar-refractivity contribution in [3.8, 4) is 17.1 Å². The second kappa shape index (κ2) is 5.58. The minimum atomic E-state index is -4.71. The van der Waals surface area contributed by atoms with Crippen LogP contribution < -0.4 is 4.74 Å². The van der Waals surface area contributed by atoms with Gasteiger partial charge in [0.25, 0.3) is 0 Å². The highest BCUT2D eigenvalue weighted by Crippen LogP contribution is 2.28. The maximum absolute atomic E-state index is 12.2. The summed E-state index contributed by atoms with van der Waals surface area (Å²) in [6.45, 7) is -0.0780. The van der Waals surface area contributed by atoms with Crippen LogP contribution in [0.25, 0.3) is 22.4 Å². The number of halogens is 3. The largest absolute Gasteiger partial charge is 0.573 e. The molecule has 0 spiro atoms. The van der Waals surface area contributed by atoms with Crippen LogP contribution in [0.1, 0.15) is 5.56 Å². The molecule has 7 heteroatoms. The molecule has 23 heavy (non-hydrogen) atoms. The molecule has 0 amide bonds. The van der Waals surface area contributed by atoms with E-state index < -0.39 is 6.36 Å². The van der Waals surface area contributed by atoms with E-state index in [9.17, 15) is 18.3 Å². The Balaban J connectivity index is 1.98. The van der Waals surface area contributed by atoms with Gasteiger partial charge in [-0.3, -0.25) is 0 Å². The van der Waals surface area contributed by atoms with E-state index >= 15 is 0 Å². The van der Waals surface area contributed by atoms with E-state index in [4.69, 9.17) is 0 Å². The van der Waals surface area contributed by atoms with Gasteiger partial charge in [0.05, 0.1) is 17.6 Å². The number of aryl methyl sites for hydroxylation is 1. The summed E-state index contributed by atoms with van der Waals surface area (Å²) < 4.78 is 42.2. The van der Waals surface area contributed by atoms with Gasteiger partial charge < -0.3 is 14.4 Å². The van der Waals surface area contributed by atoms with Crippen molar-refractivity contribution in [3.63, 3.8) is 0 Å². The van der Waals surface area contributed by atoms with Crippen LogP contribution in [-0.2, 0) is 13.7 Å². The van der Waals surface area contributed by atoms with Crippen molar-refractivity contribution in [2.45, 2.75) is 13.0 Å². The molecule has 0 aliphatic rings. The van der Waals surface area contributed by atoms with Gasteiger partial charge in [-0.1, -0.05) is 6.07 Å². The fourth-order valence-electron chi connectivity index (χ4n) is 2.41. The first-order valence-electron chi connectivity index (χ1n) is 6.80. The molecule has 0 aliphatic carbocycles. The average Bonchev–Trinajstić information content (AvgIpc) is 2.83. The van der Waals surface area contributed by atoms with Crippen molar-refractivity contribution < 1.29 is 23.0 Å². The molecule has 4 nitrogen and oxygen atoms in total. The van der Waals surface area contributed by atoms with E-state index in [0.717, 1.165) is 11.1 Å². The standard InChI is InChI=1S/C16H13F3N2O2/c1-21-14-7-2-10(9-22)8-13(14)20-15(21)11-3-5-12(6-4-11)23-16(17,18)19/h2-8,22H,9H2,1H3. The lowest BCUT2D eigenvalue weighted by atomic mass is 10.2. The summed E-state index contributed by atoms with van der Waals surface area (Å²) in [6.07, 6.45) is -4.71. The van der Waals surface area contributed by atoms with Gasteiger partial charge in [-0.2, -0.15) is 0 Å². The van der Waals surface area contributed by atoms with Crippen LogP contribution in [0.2, 0.25) is 0 Å². The minimum absolute atomic E-state index is 0.0780. The Morgan fingerprint density at radius 2 is 1.83 bits per heavy atom. The van der Waals surface area contributed by atoms with E-state index in [2.05, 4.69) is 9.72 Å². The third kappa shape index (κ3) is 3.14. The third-order valence-corrected chi connectivity index (χ3v) is 3.47. The number of fused-ring (bicyclic) bond motifs is 1. The van der Waals surface area contributed by atoms with Gasteiger partial charge in [0, 0.05) is 12.6 Å². The number of hydrogen-bond donors (Lipinski definition) is 1. The summed E-state index contributed by atoms with van der Waals surface area (Å²) in [7, 11) is 1.82. The second-order valence-electron chi connectivity index (χ2n) is 5.05. The maximum atomic E-state index is 12.2. The molecule has 0 unspecified atom stereocenters. The molecule has 0 saturated heterocycles. The highest BCUT2D eigenvalue weighted by molar-refractivity contribution is 5.81. The maximum Gasteiger partial charge on any atom is 0.573 e. The number of hydrogen-bond acceptors (Lipinski definition) is 3. The molecule has 120 valence electrons. The number of aliphatic hydroxyl groups is 1. The van der Waals surface area contributed by atoms with Crippen molar-refractivity contribution in [2.75, 3.05) is 0 Å². The molecule has 0 bridgehead atoms. The zero-order valence-corrected chi connectivity index (χ0v) is 12.1. The van der Waals surface area contributed by atoms with Gasteiger partial charge in [-0.05, 0) is 42.0 Å². The first-order chi connectivity index (χ1) is 10.9. The van der Waals surface area contributed by atoms with Gasteiger partial charge in [0.15, 0.2) is 0 Å². The SMILES string of the molecule is Cn1c(-c2ccc(OC(F)(F)F)cc2)nc2cc(CO)ccc21. The Morgan fingerprint density at radius 1 is 1.13 bits per heavy atom. The van der Waals surface area contributed by atoms with Crippen molar-refractivity contribution in [3.05, 3.63) is 48.0 Å². The van der Waals surface area contributed by atoms with E-state index in [1.54, 1.807) is 12.1 Å². The summed E-state index contributed by atoms with van der Waals surface area (Å²) in [5, 5.41) is 9.17. The summed E-state index contributed by atoms with van der Waals surface area (Å²) in [5.74, 6) is 0.344. The minimum Gasteiger partial charge on any atom is -0.406 e. The molecule has 3 aromatic rings. The predicted molar refractivity (Wildman–Crippen MR) is 78.8 cm³/mol. The smallest absolute Gasteiger partial charge is 0.406 e. The number of aliphatic hydroxyl groups excluding tert-OH is 1. The molecule has 3 rings (SSSR count). The number of aromatic nitrogens is 2. The van der Waals surface area contributed by atoms with Crippen LogP contribution in [0.4, 0.5) is 13.2 Å². The van der Waals surface area contributed by atoms with Crippen LogP contribution >= 0.6 is 0 Å². The van der Waals surface area contributed by atoms with Crippen LogP contribution in [0.3, 0.4) is 0 Å². The van der Waals surface area contributed by atoms with E-state index in [0.29, 0.717) is 16.9 Å². The van der Waals surface area contributed by atoms with Crippen LogP contribution in [0.15, 0.2) is 42.5 Å². The summed E-state index contributed by atoms with van der Waals surface area (Å²) >= 11 is 0. The lowest BCUT2D eigenvalue weighted by molar-refractivity contribution is -0.274. The van der Waals surface area contributed by atoms with E-state index in [1.165, 1.54) is 24.3 Å². The number of imidazole rings is 1. The fraction of sp³-hybridized carbons (Fsp3) is 0.188. The normalized spacial score (nSPS) is 11.9. The van der Waals surface area contributed by atoms with Gasteiger partial charge in [-0.25, -0.2) is 4.98 Å². The Bertz CT molecular complexity index is 839. The first-order valence-corrected chi connectivity index (χ1v) is 6.80. The number of alkyl halides is 3. The number of nitrogens with zero attached hydrogens (tertiary/aromatic N) is 2. The second-order valence-corrected chi connectivity index (χ2v) is 5.05.